The highest BCUT2D eigenvalue weighted by Crippen LogP contribution is 2.27. The molecule has 3 aromatic heterocycles. The van der Waals surface area contributed by atoms with Crippen LogP contribution in [0, 0.1) is 13.8 Å². The fourth-order valence-corrected chi connectivity index (χ4v) is 3.89. The summed E-state index contributed by atoms with van der Waals surface area (Å²) in [6.45, 7) is 4.15. The van der Waals surface area contributed by atoms with Crippen LogP contribution < -0.4 is 5.32 Å². The highest BCUT2D eigenvalue weighted by atomic mass is 35.5. The Morgan fingerprint density at radius 3 is 2.71 bits per heavy atom. The number of carbonyl (C=O) groups is 1. The Morgan fingerprint density at radius 2 is 1.97 bits per heavy atom. The highest BCUT2D eigenvalue weighted by Gasteiger charge is 2.18. The van der Waals surface area contributed by atoms with E-state index in [9.17, 15) is 4.79 Å². The molecule has 1 N–H and O–H groups in total. The summed E-state index contributed by atoms with van der Waals surface area (Å²) in [6, 6.07) is 10.8. The maximum atomic E-state index is 12.7. The van der Waals surface area contributed by atoms with E-state index in [-0.39, 0.29) is 12.3 Å². The number of nitrogens with zero attached hydrogens (tertiary/aromatic N) is 5. The van der Waals surface area contributed by atoms with E-state index >= 15 is 0 Å². The summed E-state index contributed by atoms with van der Waals surface area (Å²) in [5.74, 6) is 0.577. The molecule has 9 heteroatoms. The standard InChI is InChI=1S/C22H20Cl2N6O/c1-14-18(15(2)30(28-14)20-7-6-17(23)11-19(20)24)12-21(31)26-13-16-5-3-8-25-22(16)29-10-4-9-27-29/h3-11H,12-13H2,1-2H3,(H,26,31). The summed E-state index contributed by atoms with van der Waals surface area (Å²) in [6.07, 6.45) is 5.41. The quantitative estimate of drug-likeness (QED) is 0.472. The van der Waals surface area contributed by atoms with Crippen LogP contribution in [0.15, 0.2) is 55.0 Å². The zero-order valence-electron chi connectivity index (χ0n) is 17.0. The first-order valence-electron chi connectivity index (χ1n) is 9.65. The molecule has 0 aliphatic carbocycles. The lowest BCUT2D eigenvalue weighted by molar-refractivity contribution is -0.120. The third-order valence-electron chi connectivity index (χ3n) is 4.98. The van der Waals surface area contributed by atoms with Crippen LogP contribution in [0.3, 0.4) is 0 Å². The molecule has 1 amide bonds. The fourth-order valence-electron chi connectivity index (χ4n) is 3.40. The van der Waals surface area contributed by atoms with Gasteiger partial charge in [0.25, 0.3) is 0 Å². The van der Waals surface area contributed by atoms with Crippen molar-refractivity contribution in [3.05, 3.63) is 87.5 Å². The normalized spacial score (nSPS) is 11.0. The summed E-state index contributed by atoms with van der Waals surface area (Å²) < 4.78 is 3.42. The third-order valence-corrected chi connectivity index (χ3v) is 5.52. The van der Waals surface area contributed by atoms with Gasteiger partial charge >= 0.3 is 0 Å². The molecule has 0 aliphatic rings. The molecule has 0 atom stereocenters. The van der Waals surface area contributed by atoms with Crippen molar-refractivity contribution in [1.29, 1.82) is 0 Å². The molecule has 7 nitrogen and oxygen atoms in total. The Kier molecular flexibility index (Phi) is 6.06. The van der Waals surface area contributed by atoms with Crippen LogP contribution in [0.4, 0.5) is 0 Å². The fraction of sp³-hybridized carbons (Fsp3) is 0.182. The largest absolute Gasteiger partial charge is 0.352 e. The summed E-state index contributed by atoms with van der Waals surface area (Å²) in [5.41, 5.74) is 4.09. The molecule has 4 rings (SSSR count). The molecule has 0 unspecified atom stereocenters. The second-order valence-corrected chi connectivity index (χ2v) is 7.89. The molecule has 158 valence electrons. The molecule has 0 aliphatic heterocycles. The molecule has 0 saturated carbocycles. The van der Waals surface area contributed by atoms with E-state index in [0.717, 1.165) is 28.2 Å². The van der Waals surface area contributed by atoms with Gasteiger partial charge in [0.2, 0.25) is 5.91 Å². The van der Waals surface area contributed by atoms with E-state index in [0.29, 0.717) is 22.4 Å². The van der Waals surface area contributed by atoms with Gasteiger partial charge in [0.05, 0.1) is 22.8 Å². The number of rotatable bonds is 6. The Bertz CT molecular complexity index is 1230. The number of halogens is 2. The van der Waals surface area contributed by atoms with Gasteiger partial charge in [-0.1, -0.05) is 29.3 Å². The van der Waals surface area contributed by atoms with Gasteiger partial charge in [0.1, 0.15) is 0 Å². The topological polar surface area (TPSA) is 77.6 Å². The van der Waals surface area contributed by atoms with Gasteiger partial charge in [0.15, 0.2) is 5.82 Å². The van der Waals surface area contributed by atoms with E-state index in [1.807, 2.05) is 44.3 Å². The van der Waals surface area contributed by atoms with Crippen LogP contribution in [-0.4, -0.2) is 30.5 Å². The predicted octanol–water partition coefficient (Wildman–Crippen LogP) is 4.24. The minimum atomic E-state index is -0.108. The molecule has 1 aromatic carbocycles. The lowest BCUT2D eigenvalue weighted by Gasteiger charge is -2.10. The summed E-state index contributed by atoms with van der Waals surface area (Å²) in [4.78, 5) is 17.1. The van der Waals surface area contributed by atoms with Crippen molar-refractivity contribution in [2.24, 2.45) is 0 Å². The van der Waals surface area contributed by atoms with Gasteiger partial charge < -0.3 is 5.32 Å². The lowest BCUT2D eigenvalue weighted by Crippen LogP contribution is -2.26. The maximum Gasteiger partial charge on any atom is 0.224 e. The number of benzene rings is 1. The molecule has 4 aromatic rings. The molecule has 0 bridgehead atoms. The van der Waals surface area contributed by atoms with Crippen molar-refractivity contribution in [3.8, 4) is 11.5 Å². The van der Waals surface area contributed by atoms with Crippen molar-refractivity contribution in [2.45, 2.75) is 26.8 Å². The second kappa shape index (κ2) is 8.91. The Labute approximate surface area is 189 Å². The van der Waals surface area contributed by atoms with Crippen molar-refractivity contribution >= 4 is 29.1 Å². The first-order valence-corrected chi connectivity index (χ1v) is 10.4. The number of hydrogen-bond acceptors (Lipinski definition) is 4. The number of aromatic nitrogens is 5. The van der Waals surface area contributed by atoms with E-state index in [4.69, 9.17) is 23.2 Å². The van der Waals surface area contributed by atoms with Crippen LogP contribution >= 0.6 is 23.2 Å². The predicted molar refractivity (Wildman–Crippen MR) is 120 cm³/mol. The van der Waals surface area contributed by atoms with Gasteiger partial charge in [-0.05, 0) is 44.2 Å². The Balaban J connectivity index is 1.50. The van der Waals surface area contributed by atoms with E-state index in [2.05, 4.69) is 20.5 Å². The van der Waals surface area contributed by atoms with Crippen molar-refractivity contribution < 1.29 is 4.79 Å². The average Bonchev–Trinajstić information content (AvgIpc) is 3.37. The molecule has 3 heterocycles. The monoisotopic (exact) mass is 454 g/mol. The van der Waals surface area contributed by atoms with Crippen LogP contribution in [0.2, 0.25) is 10.0 Å². The zero-order valence-corrected chi connectivity index (χ0v) is 18.5. The number of aryl methyl sites for hydroxylation is 1. The number of hydrogen-bond donors (Lipinski definition) is 1. The van der Waals surface area contributed by atoms with Gasteiger partial charge in [-0.15, -0.1) is 0 Å². The molecule has 0 radical (unpaired) electrons. The van der Waals surface area contributed by atoms with Gasteiger partial charge in [-0.2, -0.15) is 10.2 Å². The molecular weight excluding hydrogens is 435 g/mol. The van der Waals surface area contributed by atoms with E-state index in [1.54, 1.807) is 33.9 Å². The molecule has 31 heavy (non-hydrogen) atoms. The van der Waals surface area contributed by atoms with Gasteiger partial charge in [-0.25, -0.2) is 14.3 Å². The summed E-state index contributed by atoms with van der Waals surface area (Å²) in [7, 11) is 0. The minimum Gasteiger partial charge on any atom is -0.352 e. The molecule has 0 saturated heterocycles. The first-order chi connectivity index (χ1) is 14.9. The Morgan fingerprint density at radius 1 is 1.13 bits per heavy atom. The zero-order chi connectivity index (χ0) is 22.0. The van der Waals surface area contributed by atoms with Crippen LogP contribution in [0.1, 0.15) is 22.5 Å². The highest BCUT2D eigenvalue weighted by molar-refractivity contribution is 6.35. The number of nitrogens with one attached hydrogen (secondary N) is 1. The molecule has 0 spiro atoms. The first kappa shape index (κ1) is 21.1. The van der Waals surface area contributed by atoms with Crippen molar-refractivity contribution in [2.75, 3.05) is 0 Å². The van der Waals surface area contributed by atoms with Crippen molar-refractivity contribution in [1.82, 2.24) is 29.9 Å². The minimum absolute atomic E-state index is 0.108. The number of amides is 1. The average molecular weight is 455 g/mol. The van der Waals surface area contributed by atoms with Crippen LogP contribution in [0.25, 0.3) is 11.5 Å². The maximum absolute atomic E-state index is 12.7. The summed E-state index contributed by atoms with van der Waals surface area (Å²) >= 11 is 12.3. The summed E-state index contributed by atoms with van der Waals surface area (Å²) in [5, 5.41) is 12.8. The van der Waals surface area contributed by atoms with E-state index in [1.165, 1.54) is 0 Å². The smallest absolute Gasteiger partial charge is 0.224 e. The van der Waals surface area contributed by atoms with Crippen molar-refractivity contribution in [3.63, 3.8) is 0 Å². The van der Waals surface area contributed by atoms with Gasteiger partial charge in [-0.3, -0.25) is 4.79 Å². The van der Waals surface area contributed by atoms with E-state index < -0.39 is 0 Å². The van der Waals surface area contributed by atoms with Gasteiger partial charge in [0, 0.05) is 47.0 Å². The van der Waals surface area contributed by atoms with Crippen LogP contribution in [-0.2, 0) is 17.8 Å². The SMILES string of the molecule is Cc1nn(-c2ccc(Cl)cc2Cl)c(C)c1CC(=O)NCc1cccnc1-n1cccn1. The number of pyridine rings is 1. The molecular formula is C22H20Cl2N6O. The third kappa shape index (κ3) is 4.47. The van der Waals surface area contributed by atoms with Crippen LogP contribution in [0.5, 0.6) is 0 Å². The second-order valence-electron chi connectivity index (χ2n) is 7.05. The Hall–Kier alpha value is -3.16. The number of carbonyl (C=O) groups excluding carboxylic acids is 1. The lowest BCUT2D eigenvalue weighted by atomic mass is 10.1. The molecule has 0 fully saturated rings.